The monoisotopic (exact) mass is 476 g/mol. The SMILES string of the molecule is COC1=N[C@H](C(C)C)C(OC)=N[C@H]1Cc1ccc(-c2c(Cl)cc(F)cc2Cl)c2c1CCC2. The molecule has 0 saturated carbocycles. The Bertz CT molecular complexity index is 1070. The molecule has 0 spiro atoms. The lowest BCUT2D eigenvalue weighted by molar-refractivity contribution is 0.332. The van der Waals surface area contributed by atoms with Crippen LogP contribution in [0.4, 0.5) is 4.39 Å². The summed E-state index contributed by atoms with van der Waals surface area (Å²) in [4.78, 5) is 9.64. The number of hydrogen-bond acceptors (Lipinski definition) is 4. The van der Waals surface area contributed by atoms with E-state index in [1.807, 2.05) is 6.07 Å². The van der Waals surface area contributed by atoms with E-state index in [9.17, 15) is 4.39 Å². The zero-order valence-electron chi connectivity index (χ0n) is 18.7. The average molecular weight is 477 g/mol. The number of halogens is 3. The molecule has 1 aliphatic carbocycles. The Morgan fingerprint density at radius 3 is 2.28 bits per heavy atom. The highest BCUT2D eigenvalue weighted by atomic mass is 35.5. The zero-order chi connectivity index (χ0) is 23.0. The van der Waals surface area contributed by atoms with E-state index in [0.717, 1.165) is 24.8 Å². The summed E-state index contributed by atoms with van der Waals surface area (Å²) in [6, 6.07) is 6.38. The van der Waals surface area contributed by atoms with Crippen LogP contribution in [0, 0.1) is 11.7 Å². The fourth-order valence-electron chi connectivity index (χ4n) is 4.71. The summed E-state index contributed by atoms with van der Waals surface area (Å²) in [6.45, 7) is 4.18. The van der Waals surface area contributed by atoms with Crippen molar-refractivity contribution in [3.63, 3.8) is 0 Å². The van der Waals surface area contributed by atoms with Crippen molar-refractivity contribution in [3.05, 3.63) is 56.8 Å². The molecule has 1 heterocycles. The van der Waals surface area contributed by atoms with Crippen LogP contribution in [0.3, 0.4) is 0 Å². The molecule has 0 N–H and O–H groups in total. The van der Waals surface area contributed by atoms with E-state index in [4.69, 9.17) is 42.7 Å². The Kier molecular flexibility index (Phi) is 6.78. The predicted molar refractivity (Wildman–Crippen MR) is 129 cm³/mol. The second kappa shape index (κ2) is 9.40. The van der Waals surface area contributed by atoms with Crippen LogP contribution in [0.5, 0.6) is 0 Å². The highest BCUT2D eigenvalue weighted by Gasteiger charge is 2.32. The molecular weight excluding hydrogens is 450 g/mol. The third kappa shape index (κ3) is 4.25. The molecule has 2 aliphatic rings. The number of rotatable bonds is 4. The summed E-state index contributed by atoms with van der Waals surface area (Å²) in [5.74, 6) is 1.09. The first-order valence-corrected chi connectivity index (χ1v) is 11.6. The van der Waals surface area contributed by atoms with Crippen LogP contribution in [0.2, 0.25) is 10.0 Å². The van der Waals surface area contributed by atoms with Crippen molar-refractivity contribution < 1.29 is 13.9 Å². The largest absolute Gasteiger partial charge is 0.483 e. The molecule has 4 rings (SSSR count). The maximum Gasteiger partial charge on any atom is 0.209 e. The maximum atomic E-state index is 13.7. The van der Waals surface area contributed by atoms with Crippen molar-refractivity contribution in [2.75, 3.05) is 14.2 Å². The first kappa shape index (κ1) is 23.1. The van der Waals surface area contributed by atoms with E-state index in [-0.39, 0.29) is 18.0 Å². The van der Waals surface area contributed by atoms with Gasteiger partial charge in [0.05, 0.1) is 24.3 Å². The Labute approximate surface area is 198 Å². The Morgan fingerprint density at radius 2 is 1.66 bits per heavy atom. The van der Waals surface area contributed by atoms with Crippen LogP contribution < -0.4 is 0 Å². The van der Waals surface area contributed by atoms with Gasteiger partial charge in [-0.15, -0.1) is 0 Å². The quantitative estimate of drug-likeness (QED) is 0.517. The van der Waals surface area contributed by atoms with Crippen molar-refractivity contribution >= 4 is 35.0 Å². The van der Waals surface area contributed by atoms with E-state index in [0.29, 0.717) is 33.8 Å². The van der Waals surface area contributed by atoms with E-state index in [1.165, 1.54) is 28.8 Å². The number of aliphatic imine (C=N–C) groups is 2. The first-order chi connectivity index (χ1) is 15.3. The van der Waals surface area contributed by atoms with Crippen LogP contribution >= 0.6 is 23.2 Å². The molecule has 1 aliphatic heterocycles. The zero-order valence-corrected chi connectivity index (χ0v) is 20.2. The van der Waals surface area contributed by atoms with Gasteiger partial charge in [0.2, 0.25) is 11.8 Å². The molecule has 0 unspecified atom stereocenters. The highest BCUT2D eigenvalue weighted by molar-refractivity contribution is 6.39. The number of hydrogen-bond donors (Lipinski definition) is 0. The number of methoxy groups -OCH3 is 2. The summed E-state index contributed by atoms with van der Waals surface area (Å²) in [6.07, 6.45) is 3.61. The molecule has 32 heavy (non-hydrogen) atoms. The Balaban J connectivity index is 1.72. The van der Waals surface area contributed by atoms with Gasteiger partial charge in [0, 0.05) is 12.0 Å². The van der Waals surface area contributed by atoms with Crippen LogP contribution in [-0.2, 0) is 28.7 Å². The molecular formula is C25H27Cl2FN2O2. The van der Waals surface area contributed by atoms with Crippen molar-refractivity contribution in [2.24, 2.45) is 15.9 Å². The third-order valence-electron chi connectivity index (χ3n) is 6.21. The van der Waals surface area contributed by atoms with Gasteiger partial charge >= 0.3 is 0 Å². The average Bonchev–Trinajstić information content (AvgIpc) is 3.24. The lowest BCUT2D eigenvalue weighted by Crippen LogP contribution is -2.38. The molecule has 0 bridgehead atoms. The second-order valence-electron chi connectivity index (χ2n) is 8.58. The molecule has 0 fully saturated rings. The van der Waals surface area contributed by atoms with Gasteiger partial charge in [0.1, 0.15) is 17.9 Å². The van der Waals surface area contributed by atoms with E-state index < -0.39 is 5.82 Å². The minimum Gasteiger partial charge on any atom is -0.483 e. The standard InChI is InChI=1S/C25H27Cl2FN2O2/c1-13(2)23-25(32-4)29-21(24(30-23)31-3)10-14-8-9-18(17-7-5-6-16(14)17)22-19(26)11-15(28)12-20(22)27/h8-9,11-13,21,23H,5-7,10H2,1-4H3/t21-,23+/m0/s1. The van der Waals surface area contributed by atoms with E-state index >= 15 is 0 Å². The Hall–Kier alpha value is -2.11. The second-order valence-corrected chi connectivity index (χ2v) is 9.39. The topological polar surface area (TPSA) is 43.2 Å². The molecule has 2 aromatic carbocycles. The number of ether oxygens (including phenoxy) is 2. The van der Waals surface area contributed by atoms with Gasteiger partial charge in [-0.05, 0) is 59.6 Å². The molecule has 0 saturated heterocycles. The number of nitrogens with zero attached hydrogens (tertiary/aromatic N) is 2. The van der Waals surface area contributed by atoms with Gasteiger partial charge in [-0.3, -0.25) is 0 Å². The summed E-state index contributed by atoms with van der Waals surface area (Å²) in [5, 5.41) is 0.652. The van der Waals surface area contributed by atoms with E-state index in [1.54, 1.807) is 14.2 Å². The Morgan fingerprint density at radius 1 is 1.00 bits per heavy atom. The van der Waals surface area contributed by atoms with Gasteiger partial charge in [0.15, 0.2) is 0 Å². The number of benzene rings is 2. The summed E-state index contributed by atoms with van der Waals surface area (Å²) in [7, 11) is 3.28. The molecule has 2 aromatic rings. The highest BCUT2D eigenvalue weighted by Crippen LogP contribution is 2.42. The lowest BCUT2D eigenvalue weighted by Gasteiger charge is -2.27. The van der Waals surface area contributed by atoms with Crippen LogP contribution in [-0.4, -0.2) is 38.1 Å². The number of fused-ring (bicyclic) bond motifs is 1. The lowest BCUT2D eigenvalue weighted by atomic mass is 9.90. The van der Waals surface area contributed by atoms with Crippen LogP contribution in [0.15, 0.2) is 34.3 Å². The minimum atomic E-state index is -0.438. The molecule has 0 amide bonds. The molecule has 0 radical (unpaired) electrons. The molecule has 170 valence electrons. The molecule has 0 aromatic heterocycles. The normalized spacial score (nSPS) is 20.1. The maximum absolute atomic E-state index is 13.7. The molecule has 7 heteroatoms. The summed E-state index contributed by atoms with van der Waals surface area (Å²) >= 11 is 12.8. The fraction of sp³-hybridized carbons (Fsp3) is 0.440. The van der Waals surface area contributed by atoms with E-state index in [2.05, 4.69) is 19.9 Å². The van der Waals surface area contributed by atoms with Crippen molar-refractivity contribution in [2.45, 2.75) is 51.6 Å². The van der Waals surface area contributed by atoms with Gasteiger partial charge in [-0.2, -0.15) is 0 Å². The van der Waals surface area contributed by atoms with Crippen LogP contribution in [0.25, 0.3) is 11.1 Å². The van der Waals surface area contributed by atoms with Crippen LogP contribution in [0.1, 0.15) is 37.0 Å². The fourth-order valence-corrected chi connectivity index (χ4v) is 5.37. The summed E-state index contributed by atoms with van der Waals surface area (Å²) < 4.78 is 24.9. The van der Waals surface area contributed by atoms with Crippen molar-refractivity contribution in [1.82, 2.24) is 0 Å². The van der Waals surface area contributed by atoms with Crippen molar-refractivity contribution in [3.8, 4) is 11.1 Å². The molecule has 4 nitrogen and oxygen atoms in total. The van der Waals surface area contributed by atoms with Gasteiger partial charge in [0.25, 0.3) is 0 Å². The van der Waals surface area contributed by atoms with Gasteiger partial charge < -0.3 is 9.47 Å². The summed E-state index contributed by atoms with van der Waals surface area (Å²) in [5.41, 5.74) is 5.37. The smallest absolute Gasteiger partial charge is 0.209 e. The first-order valence-electron chi connectivity index (χ1n) is 10.9. The van der Waals surface area contributed by atoms with Gasteiger partial charge in [-0.25, -0.2) is 14.4 Å². The minimum absolute atomic E-state index is 0.137. The van der Waals surface area contributed by atoms with Crippen molar-refractivity contribution in [1.29, 1.82) is 0 Å². The van der Waals surface area contributed by atoms with Gasteiger partial charge in [-0.1, -0.05) is 49.2 Å². The molecule has 2 atom stereocenters. The third-order valence-corrected chi connectivity index (χ3v) is 6.80. The predicted octanol–water partition coefficient (Wildman–Crippen LogP) is 6.33.